The van der Waals surface area contributed by atoms with Crippen molar-refractivity contribution in [2.75, 3.05) is 12.9 Å². The Morgan fingerprint density at radius 2 is 1.04 bits per heavy atom. The summed E-state index contributed by atoms with van der Waals surface area (Å²) in [6, 6.07) is 51.2. The highest BCUT2D eigenvalue weighted by Crippen LogP contribution is 2.40. The first-order valence-corrected chi connectivity index (χ1v) is 22.2. The number of hydrogen-bond acceptors (Lipinski definition) is 7. The first-order valence-electron chi connectivity index (χ1n) is 16.8. The van der Waals surface area contributed by atoms with E-state index in [1.54, 1.807) is 23.5 Å². The lowest BCUT2D eigenvalue weighted by Gasteiger charge is -2.44. The molecule has 262 valence electrons. The van der Waals surface area contributed by atoms with Crippen molar-refractivity contribution in [3.8, 4) is 0 Å². The number of rotatable bonds is 17. The molecule has 0 aliphatic rings. The van der Waals surface area contributed by atoms with Gasteiger partial charge in [-0.15, -0.1) is 23.5 Å². The van der Waals surface area contributed by atoms with Crippen molar-refractivity contribution < 1.29 is 21.8 Å². The maximum Gasteiger partial charge on any atom is 0.264 e. The van der Waals surface area contributed by atoms with Crippen molar-refractivity contribution in [1.82, 2.24) is 0 Å². The Balaban J connectivity index is 1.55. The van der Waals surface area contributed by atoms with Crippen LogP contribution in [0, 0.1) is 0 Å². The van der Waals surface area contributed by atoms with Crippen LogP contribution < -0.4 is 10.4 Å². The minimum absolute atomic E-state index is 0.0263. The Bertz CT molecular complexity index is 1740. The van der Waals surface area contributed by atoms with Crippen LogP contribution in [0.25, 0.3) is 0 Å². The summed E-state index contributed by atoms with van der Waals surface area (Å²) in [7, 11) is -6.92. The molecule has 0 unspecified atom stereocenters. The minimum atomic E-state index is -3.90. The lowest BCUT2D eigenvalue weighted by molar-refractivity contribution is -0.0501. The molecule has 0 radical (unpaired) electrons. The highest BCUT2D eigenvalue weighted by molar-refractivity contribution is 8.17. The number of hydrogen-bond donors (Lipinski definition) is 0. The van der Waals surface area contributed by atoms with Crippen LogP contribution in [-0.2, 0) is 30.1 Å². The van der Waals surface area contributed by atoms with Crippen LogP contribution in [0.1, 0.15) is 32.8 Å². The van der Waals surface area contributed by atoms with Crippen molar-refractivity contribution in [1.29, 1.82) is 0 Å². The molecular formula is C41H46O5S3Si. The zero-order valence-corrected chi connectivity index (χ0v) is 32.5. The molecule has 5 nitrogen and oxygen atoms in total. The molecule has 0 saturated carbocycles. The van der Waals surface area contributed by atoms with Gasteiger partial charge in [-0.05, 0) is 51.7 Å². The molecule has 0 bridgehead atoms. The van der Waals surface area contributed by atoms with Gasteiger partial charge in [-0.3, -0.25) is 4.18 Å². The first kappa shape index (κ1) is 38.1. The normalized spacial score (nSPS) is 13.6. The summed E-state index contributed by atoms with van der Waals surface area (Å²) in [6.45, 7) is 6.94. The second-order valence-electron chi connectivity index (χ2n) is 13.2. The van der Waals surface area contributed by atoms with Crippen LogP contribution in [-0.4, -0.2) is 46.4 Å². The van der Waals surface area contributed by atoms with E-state index in [4.69, 9.17) is 13.3 Å². The van der Waals surface area contributed by atoms with E-state index >= 15 is 0 Å². The molecule has 5 rings (SSSR count). The third-order valence-electron chi connectivity index (χ3n) is 8.35. The zero-order chi connectivity index (χ0) is 35.5. The van der Waals surface area contributed by atoms with Gasteiger partial charge in [0.25, 0.3) is 18.4 Å². The van der Waals surface area contributed by atoms with Gasteiger partial charge < -0.3 is 9.16 Å². The maximum atomic E-state index is 13.0. The van der Waals surface area contributed by atoms with Crippen molar-refractivity contribution in [3.63, 3.8) is 0 Å². The van der Waals surface area contributed by atoms with E-state index in [-0.39, 0.29) is 16.2 Å². The second-order valence-corrected chi connectivity index (χ2v) is 21.9. The van der Waals surface area contributed by atoms with E-state index in [0.717, 1.165) is 32.0 Å². The van der Waals surface area contributed by atoms with Crippen molar-refractivity contribution in [2.24, 2.45) is 0 Å². The fourth-order valence-corrected chi connectivity index (χ4v) is 14.0. The third kappa shape index (κ3) is 10.7. The molecule has 0 heterocycles. The molecule has 0 spiro atoms. The van der Waals surface area contributed by atoms with Crippen LogP contribution in [0.2, 0.25) is 5.04 Å². The Kier molecular flexibility index (Phi) is 13.6. The SMILES string of the molecule is CC(C)(C)[Si](OC[C@H](OS(C)(=O)=O)[C@H](CC(Sc1ccccc1)Sc1ccccc1)OCc1ccccc1)(c1ccccc1)c1ccccc1. The van der Waals surface area contributed by atoms with Crippen LogP contribution >= 0.6 is 23.5 Å². The topological polar surface area (TPSA) is 61.8 Å². The molecular weight excluding hydrogens is 697 g/mol. The third-order valence-corrected chi connectivity index (χ3v) is 16.5. The molecule has 50 heavy (non-hydrogen) atoms. The van der Waals surface area contributed by atoms with Gasteiger partial charge in [0.15, 0.2) is 0 Å². The van der Waals surface area contributed by atoms with Gasteiger partial charge in [-0.2, -0.15) is 8.42 Å². The van der Waals surface area contributed by atoms with E-state index in [2.05, 4.69) is 69.3 Å². The highest BCUT2D eigenvalue weighted by Gasteiger charge is 2.51. The van der Waals surface area contributed by atoms with Gasteiger partial charge in [0, 0.05) is 9.79 Å². The summed E-state index contributed by atoms with van der Waals surface area (Å²) in [4.78, 5) is 2.23. The maximum absolute atomic E-state index is 13.0. The molecule has 0 aliphatic heterocycles. The number of ether oxygens (including phenoxy) is 1. The quantitative estimate of drug-likeness (QED) is 0.0409. The molecule has 0 aliphatic carbocycles. The van der Waals surface area contributed by atoms with Crippen molar-refractivity contribution >= 4 is 52.3 Å². The summed E-state index contributed by atoms with van der Waals surface area (Å²) < 4.78 is 46.0. The fourth-order valence-electron chi connectivity index (χ4n) is 6.11. The van der Waals surface area contributed by atoms with Gasteiger partial charge in [0.05, 0.1) is 30.2 Å². The second kappa shape index (κ2) is 17.9. The van der Waals surface area contributed by atoms with Gasteiger partial charge >= 0.3 is 0 Å². The summed E-state index contributed by atoms with van der Waals surface area (Å²) in [6.07, 6.45) is 0.0635. The predicted molar refractivity (Wildman–Crippen MR) is 211 cm³/mol. The Labute approximate surface area is 308 Å². The van der Waals surface area contributed by atoms with Gasteiger partial charge in [-0.25, -0.2) is 0 Å². The summed E-state index contributed by atoms with van der Waals surface area (Å²) in [5.41, 5.74) is 0.992. The fraction of sp³-hybridized carbons (Fsp3) is 0.268. The van der Waals surface area contributed by atoms with E-state index in [9.17, 15) is 8.42 Å². The zero-order valence-electron chi connectivity index (χ0n) is 29.1. The van der Waals surface area contributed by atoms with Crippen LogP contribution in [0.3, 0.4) is 0 Å². The summed E-state index contributed by atoms with van der Waals surface area (Å²) >= 11 is 3.47. The van der Waals surface area contributed by atoms with E-state index in [1.165, 1.54) is 0 Å². The lowest BCUT2D eigenvalue weighted by atomic mass is 10.1. The highest BCUT2D eigenvalue weighted by atomic mass is 32.2. The molecule has 0 saturated heterocycles. The average Bonchev–Trinajstić information content (AvgIpc) is 3.11. The summed E-state index contributed by atoms with van der Waals surface area (Å²) in [5, 5.41) is 1.91. The molecule has 5 aromatic rings. The largest absolute Gasteiger partial charge is 0.405 e. The standard InChI is InChI=1S/C41H46O5S3Si/c1-41(2,3)50(36-26-16-8-17-27-36,37-28-18-9-19-29-37)45-32-39(46-49(4,42)43)38(44-31-33-20-10-5-11-21-33)30-40(47-34-22-12-6-13-23-34)48-35-24-14-7-15-25-35/h5-29,38-40H,30-32H2,1-4H3/t38-,39-/m0/s1. The molecule has 9 heteroatoms. The molecule has 5 aromatic carbocycles. The predicted octanol–water partition coefficient (Wildman–Crippen LogP) is 8.79. The minimum Gasteiger partial charge on any atom is -0.405 e. The molecule has 2 atom stereocenters. The first-order chi connectivity index (χ1) is 24.0. The van der Waals surface area contributed by atoms with Gasteiger partial charge in [0.1, 0.15) is 6.10 Å². The lowest BCUT2D eigenvalue weighted by Crippen LogP contribution is -2.67. The van der Waals surface area contributed by atoms with Crippen LogP contribution in [0.4, 0.5) is 0 Å². The average molecular weight is 743 g/mol. The molecule has 0 fully saturated rings. The van der Waals surface area contributed by atoms with Gasteiger partial charge in [-0.1, -0.05) is 148 Å². The van der Waals surface area contributed by atoms with Crippen molar-refractivity contribution in [2.45, 2.75) is 65.4 Å². The van der Waals surface area contributed by atoms with E-state index < -0.39 is 30.6 Å². The Morgan fingerprint density at radius 1 is 0.620 bits per heavy atom. The Morgan fingerprint density at radius 3 is 1.46 bits per heavy atom. The van der Waals surface area contributed by atoms with Crippen molar-refractivity contribution in [3.05, 3.63) is 157 Å². The number of thioether (sulfide) groups is 2. The Hall–Kier alpha value is -3.15. The van der Waals surface area contributed by atoms with Gasteiger partial charge in [0.2, 0.25) is 0 Å². The number of benzene rings is 5. The monoisotopic (exact) mass is 742 g/mol. The van der Waals surface area contributed by atoms with Crippen LogP contribution in [0.15, 0.2) is 161 Å². The van der Waals surface area contributed by atoms with E-state index in [0.29, 0.717) is 13.0 Å². The van der Waals surface area contributed by atoms with E-state index in [1.807, 2.05) is 103 Å². The van der Waals surface area contributed by atoms with Crippen LogP contribution in [0.5, 0.6) is 0 Å². The molecule has 0 amide bonds. The molecule has 0 N–H and O–H groups in total. The smallest absolute Gasteiger partial charge is 0.264 e. The summed E-state index contributed by atoms with van der Waals surface area (Å²) in [5.74, 6) is 0. The molecule has 0 aromatic heterocycles.